The van der Waals surface area contributed by atoms with Gasteiger partial charge in [0.1, 0.15) is 5.69 Å². The van der Waals surface area contributed by atoms with Crippen molar-refractivity contribution in [3.63, 3.8) is 0 Å². The van der Waals surface area contributed by atoms with Crippen LogP contribution in [0.25, 0.3) is 22.5 Å². The second-order valence-electron chi connectivity index (χ2n) is 6.33. The van der Waals surface area contributed by atoms with E-state index in [-0.39, 0.29) is 5.69 Å². The van der Waals surface area contributed by atoms with Crippen molar-refractivity contribution in [3.8, 4) is 22.5 Å². The van der Waals surface area contributed by atoms with E-state index in [0.29, 0.717) is 16.8 Å². The van der Waals surface area contributed by atoms with E-state index in [4.69, 9.17) is 0 Å². The Bertz CT molecular complexity index is 1170. The van der Waals surface area contributed by atoms with Crippen molar-refractivity contribution in [2.45, 2.75) is 12.4 Å². The van der Waals surface area contributed by atoms with Gasteiger partial charge in [-0.05, 0) is 24.3 Å². The summed E-state index contributed by atoms with van der Waals surface area (Å²) in [5, 5.41) is 21.5. The molecule has 0 fully saturated rings. The monoisotopic (exact) mass is 456 g/mol. The zero-order valence-electron chi connectivity index (χ0n) is 16.5. The molecule has 4 rings (SSSR count). The molecular formula is C18H14F6N8. The lowest BCUT2D eigenvalue weighted by atomic mass is 10.2. The fraction of sp³-hybridized carbons (Fsp3) is 0.222. The zero-order valence-corrected chi connectivity index (χ0v) is 16.5. The molecule has 0 aliphatic heterocycles. The Morgan fingerprint density at radius 3 is 1.72 bits per heavy atom. The minimum atomic E-state index is -4.43. The van der Waals surface area contributed by atoms with Crippen LogP contribution >= 0.6 is 0 Å². The van der Waals surface area contributed by atoms with Crippen LogP contribution in [0.2, 0.25) is 0 Å². The maximum absolute atomic E-state index is 12.5. The summed E-state index contributed by atoms with van der Waals surface area (Å²) in [7, 11) is 2.70. The number of rotatable bonds is 2. The average molecular weight is 456 g/mol. The summed E-state index contributed by atoms with van der Waals surface area (Å²) in [6.07, 6.45) is -3.27. The van der Waals surface area contributed by atoms with E-state index in [1.165, 1.54) is 43.6 Å². The smallest absolute Gasteiger partial charge is 0.267 e. The molecule has 0 aromatic carbocycles. The van der Waals surface area contributed by atoms with Gasteiger partial charge in [-0.1, -0.05) is 0 Å². The second-order valence-corrected chi connectivity index (χ2v) is 6.33. The van der Waals surface area contributed by atoms with Gasteiger partial charge in [0.05, 0.1) is 36.2 Å². The first kappa shape index (κ1) is 22.8. The van der Waals surface area contributed by atoms with Gasteiger partial charge in [0.15, 0.2) is 5.69 Å². The number of hydrogen-bond acceptors (Lipinski definition) is 6. The molecule has 4 aromatic rings. The molecule has 0 saturated heterocycles. The number of nitrogens with zero attached hydrogens (tertiary/aromatic N) is 8. The van der Waals surface area contributed by atoms with Gasteiger partial charge in [-0.25, -0.2) is 0 Å². The highest BCUT2D eigenvalue weighted by Gasteiger charge is 2.35. The van der Waals surface area contributed by atoms with E-state index in [2.05, 4.69) is 30.6 Å². The van der Waals surface area contributed by atoms with Crippen LogP contribution in [-0.2, 0) is 26.4 Å². The molecule has 4 aromatic heterocycles. The first-order valence-corrected chi connectivity index (χ1v) is 8.73. The largest absolute Gasteiger partial charge is 0.435 e. The molecule has 0 radical (unpaired) electrons. The zero-order chi connectivity index (χ0) is 23.5. The lowest BCUT2D eigenvalue weighted by molar-refractivity contribution is -0.143. The summed E-state index contributed by atoms with van der Waals surface area (Å²) in [4.78, 5) is 0. The fourth-order valence-electron chi connectivity index (χ4n) is 2.63. The molecule has 0 aliphatic carbocycles. The van der Waals surface area contributed by atoms with Crippen molar-refractivity contribution >= 4 is 0 Å². The minimum absolute atomic E-state index is 0.227. The fourth-order valence-corrected chi connectivity index (χ4v) is 2.63. The number of halogens is 6. The molecule has 4 heterocycles. The molecule has 168 valence electrons. The molecule has 8 nitrogen and oxygen atoms in total. The first-order chi connectivity index (χ1) is 15.0. The molecule has 0 bridgehead atoms. The topological polar surface area (TPSA) is 87.2 Å². The van der Waals surface area contributed by atoms with Crippen molar-refractivity contribution in [2.75, 3.05) is 0 Å². The van der Waals surface area contributed by atoms with E-state index in [9.17, 15) is 26.3 Å². The van der Waals surface area contributed by atoms with Crippen LogP contribution in [0.15, 0.2) is 49.1 Å². The minimum Gasteiger partial charge on any atom is -0.267 e. The molecule has 0 unspecified atom stereocenters. The van der Waals surface area contributed by atoms with Crippen LogP contribution in [0.5, 0.6) is 0 Å². The van der Waals surface area contributed by atoms with Crippen LogP contribution in [-0.4, -0.2) is 40.0 Å². The van der Waals surface area contributed by atoms with Crippen molar-refractivity contribution in [1.29, 1.82) is 0 Å². The maximum Gasteiger partial charge on any atom is 0.435 e. The van der Waals surface area contributed by atoms with Crippen LogP contribution < -0.4 is 0 Å². The maximum atomic E-state index is 12.5. The summed E-state index contributed by atoms with van der Waals surface area (Å²) in [6.45, 7) is 0. The number of hydrogen-bond donors (Lipinski definition) is 0. The first-order valence-electron chi connectivity index (χ1n) is 8.73. The Morgan fingerprint density at radius 1 is 0.688 bits per heavy atom. The van der Waals surface area contributed by atoms with Gasteiger partial charge in [-0.2, -0.15) is 56.9 Å². The Balaban J connectivity index is 0.000000181. The van der Waals surface area contributed by atoms with Crippen LogP contribution in [0.3, 0.4) is 0 Å². The van der Waals surface area contributed by atoms with E-state index in [1.54, 1.807) is 12.1 Å². The second kappa shape index (κ2) is 8.72. The van der Waals surface area contributed by atoms with Crippen molar-refractivity contribution < 1.29 is 26.3 Å². The highest BCUT2D eigenvalue weighted by atomic mass is 19.4. The predicted octanol–water partition coefficient (Wildman–Crippen LogP) is 3.79. The molecule has 32 heavy (non-hydrogen) atoms. The third kappa shape index (κ3) is 5.25. The molecule has 0 N–H and O–H groups in total. The highest BCUT2D eigenvalue weighted by molar-refractivity contribution is 5.58. The standard InChI is InChI=1S/2C9H7F3N4/c1-16-7(6-2-3-13-14-5-6)4-8(15-16)9(10,11)12;1-16-8(9(10,11)12)4-7(15-16)6-2-3-13-14-5-6/h2*2-5H,1H3. The van der Waals surface area contributed by atoms with Gasteiger partial charge in [-0.3, -0.25) is 9.36 Å². The Morgan fingerprint density at radius 2 is 1.28 bits per heavy atom. The van der Waals surface area contributed by atoms with Gasteiger partial charge < -0.3 is 0 Å². The molecular weight excluding hydrogens is 442 g/mol. The lowest BCUT2D eigenvalue weighted by Crippen LogP contribution is -2.11. The molecule has 0 saturated carbocycles. The van der Waals surface area contributed by atoms with E-state index < -0.39 is 23.7 Å². The summed E-state index contributed by atoms with van der Waals surface area (Å²) in [5.41, 5.74) is -0.0883. The molecule has 0 aliphatic rings. The van der Waals surface area contributed by atoms with E-state index >= 15 is 0 Å². The van der Waals surface area contributed by atoms with Gasteiger partial charge in [0.25, 0.3) is 0 Å². The quantitative estimate of drug-likeness (QED) is 0.427. The number of aryl methyl sites for hydroxylation is 2. The van der Waals surface area contributed by atoms with Crippen LogP contribution in [0, 0.1) is 0 Å². The Hall–Kier alpha value is -3.84. The van der Waals surface area contributed by atoms with E-state index in [1.807, 2.05) is 0 Å². The number of aromatic nitrogens is 8. The summed E-state index contributed by atoms with van der Waals surface area (Å²) >= 11 is 0. The molecule has 0 atom stereocenters. The van der Waals surface area contributed by atoms with Gasteiger partial charge >= 0.3 is 12.4 Å². The summed E-state index contributed by atoms with van der Waals surface area (Å²) in [5.74, 6) is 0. The Kier molecular flexibility index (Phi) is 6.23. The van der Waals surface area contributed by atoms with Crippen molar-refractivity contribution in [2.24, 2.45) is 14.1 Å². The van der Waals surface area contributed by atoms with Gasteiger partial charge in [0.2, 0.25) is 0 Å². The number of alkyl halides is 6. The predicted molar refractivity (Wildman–Crippen MR) is 98.5 cm³/mol. The SMILES string of the molecule is Cn1nc(-c2ccnnc2)cc1C(F)(F)F.Cn1nc(C(F)(F)F)cc1-c1ccnnc1. The third-order valence-electron chi connectivity index (χ3n) is 4.10. The van der Waals surface area contributed by atoms with Gasteiger partial charge in [-0.15, -0.1) is 0 Å². The van der Waals surface area contributed by atoms with Gasteiger partial charge in [0, 0.05) is 25.2 Å². The normalized spacial score (nSPS) is 11.8. The van der Waals surface area contributed by atoms with Crippen molar-refractivity contribution in [1.82, 2.24) is 40.0 Å². The molecule has 0 spiro atoms. The summed E-state index contributed by atoms with van der Waals surface area (Å²) in [6, 6.07) is 5.09. The third-order valence-corrected chi connectivity index (χ3v) is 4.10. The highest BCUT2D eigenvalue weighted by Crippen LogP contribution is 2.32. The lowest BCUT2D eigenvalue weighted by Gasteiger charge is -2.04. The summed E-state index contributed by atoms with van der Waals surface area (Å²) < 4.78 is 76.6. The van der Waals surface area contributed by atoms with Crippen molar-refractivity contribution in [3.05, 3.63) is 60.4 Å². The van der Waals surface area contributed by atoms with E-state index in [0.717, 1.165) is 16.8 Å². The van der Waals surface area contributed by atoms with Crippen LogP contribution in [0.1, 0.15) is 11.4 Å². The molecule has 0 amide bonds. The Labute approximate surface area is 176 Å². The average Bonchev–Trinajstić information content (AvgIpc) is 3.33. The van der Waals surface area contributed by atoms with Crippen LogP contribution in [0.4, 0.5) is 26.3 Å². The molecule has 14 heteroatoms.